The second kappa shape index (κ2) is 7.30. The minimum absolute atomic E-state index is 0.171. The van der Waals surface area contributed by atoms with Crippen LogP contribution in [0.2, 0.25) is 0 Å². The van der Waals surface area contributed by atoms with Crippen molar-refractivity contribution in [3.05, 3.63) is 95.8 Å². The molecule has 0 N–H and O–H groups in total. The van der Waals surface area contributed by atoms with E-state index < -0.39 is 21.9 Å². The summed E-state index contributed by atoms with van der Waals surface area (Å²) >= 11 is 0. The summed E-state index contributed by atoms with van der Waals surface area (Å²) in [5, 5.41) is 0. The highest BCUT2D eigenvalue weighted by Crippen LogP contribution is 2.34. The van der Waals surface area contributed by atoms with Gasteiger partial charge in [-0.2, -0.15) is 0 Å². The summed E-state index contributed by atoms with van der Waals surface area (Å²) in [6.07, 6.45) is 0. The number of halogens is 1. The van der Waals surface area contributed by atoms with Crippen LogP contribution in [0.3, 0.4) is 0 Å². The number of aryl methyl sites for hydroxylation is 1. The van der Waals surface area contributed by atoms with Crippen LogP contribution >= 0.6 is 0 Å². The lowest BCUT2D eigenvalue weighted by Gasteiger charge is -2.31. The van der Waals surface area contributed by atoms with Gasteiger partial charge in [0, 0.05) is 5.56 Å². The molecule has 0 spiro atoms. The van der Waals surface area contributed by atoms with Crippen LogP contribution in [-0.2, 0) is 10.0 Å². The average Bonchev–Trinajstić information content (AvgIpc) is 2.63. The van der Waals surface area contributed by atoms with Gasteiger partial charge in [0.2, 0.25) is 0 Å². The van der Waals surface area contributed by atoms with Crippen LogP contribution in [0.4, 0.5) is 10.1 Å². The second-order valence-corrected chi connectivity index (χ2v) is 7.97. The zero-order chi connectivity index (χ0) is 18.7. The standard InChI is InChI=1S/C21H20FNO2S/c1-16-9-8-10-18(15-16)23(17(2)20-13-6-7-14-21(20)22)26(24,25)19-11-4-3-5-12-19/h3-15,17H,1-2H3. The molecule has 5 heteroatoms. The van der Waals surface area contributed by atoms with Crippen molar-refractivity contribution in [2.45, 2.75) is 24.8 Å². The number of hydrogen-bond acceptors (Lipinski definition) is 2. The molecule has 26 heavy (non-hydrogen) atoms. The molecule has 3 aromatic rings. The number of sulfonamides is 1. The molecule has 3 rings (SSSR count). The highest BCUT2D eigenvalue weighted by atomic mass is 32.2. The molecule has 0 aliphatic carbocycles. The van der Waals surface area contributed by atoms with Crippen molar-refractivity contribution in [2.75, 3.05) is 4.31 Å². The zero-order valence-corrected chi connectivity index (χ0v) is 15.4. The molecule has 134 valence electrons. The molecule has 1 unspecified atom stereocenters. The van der Waals surface area contributed by atoms with Crippen molar-refractivity contribution < 1.29 is 12.8 Å². The largest absolute Gasteiger partial charge is 0.264 e. The number of benzene rings is 3. The summed E-state index contributed by atoms with van der Waals surface area (Å²) < 4.78 is 42.4. The maximum Gasteiger partial charge on any atom is 0.264 e. The molecule has 0 amide bonds. The smallest absolute Gasteiger partial charge is 0.259 e. The van der Waals surface area contributed by atoms with Gasteiger partial charge in [0.25, 0.3) is 10.0 Å². The van der Waals surface area contributed by atoms with Crippen molar-refractivity contribution in [3.63, 3.8) is 0 Å². The van der Waals surface area contributed by atoms with Crippen LogP contribution in [-0.4, -0.2) is 8.42 Å². The van der Waals surface area contributed by atoms with Gasteiger partial charge in [0.15, 0.2) is 0 Å². The minimum Gasteiger partial charge on any atom is -0.259 e. The Morgan fingerprint density at radius 3 is 2.19 bits per heavy atom. The van der Waals surface area contributed by atoms with Gasteiger partial charge in [0.05, 0.1) is 16.6 Å². The molecule has 0 saturated carbocycles. The summed E-state index contributed by atoms with van der Waals surface area (Å²) in [5.74, 6) is -0.430. The summed E-state index contributed by atoms with van der Waals surface area (Å²) in [5.41, 5.74) is 1.76. The Hall–Kier alpha value is -2.66. The van der Waals surface area contributed by atoms with Gasteiger partial charge in [-0.05, 0) is 49.7 Å². The number of nitrogens with zero attached hydrogens (tertiary/aromatic N) is 1. The first kappa shape index (κ1) is 18.1. The Morgan fingerprint density at radius 1 is 0.885 bits per heavy atom. The van der Waals surface area contributed by atoms with E-state index in [1.54, 1.807) is 73.7 Å². The average molecular weight is 369 g/mol. The summed E-state index contributed by atoms with van der Waals surface area (Å²) in [6, 6.07) is 21.0. The monoisotopic (exact) mass is 369 g/mol. The van der Waals surface area contributed by atoms with E-state index in [1.807, 2.05) is 13.0 Å². The molecule has 0 fully saturated rings. The van der Waals surface area contributed by atoms with Gasteiger partial charge < -0.3 is 0 Å². The van der Waals surface area contributed by atoms with Crippen LogP contribution in [0.1, 0.15) is 24.1 Å². The minimum atomic E-state index is -3.87. The van der Waals surface area contributed by atoms with Crippen molar-refractivity contribution >= 4 is 15.7 Å². The molecule has 3 aromatic carbocycles. The number of hydrogen-bond donors (Lipinski definition) is 0. The molecule has 3 nitrogen and oxygen atoms in total. The Morgan fingerprint density at radius 2 is 1.54 bits per heavy atom. The Bertz CT molecular complexity index is 1000. The van der Waals surface area contributed by atoms with Crippen LogP contribution < -0.4 is 4.31 Å². The van der Waals surface area contributed by atoms with Gasteiger partial charge in [0.1, 0.15) is 5.82 Å². The predicted molar refractivity (Wildman–Crippen MR) is 102 cm³/mol. The lowest BCUT2D eigenvalue weighted by Crippen LogP contribution is -2.34. The fourth-order valence-electron chi connectivity index (χ4n) is 2.98. The van der Waals surface area contributed by atoms with Gasteiger partial charge in [-0.15, -0.1) is 0 Å². The van der Waals surface area contributed by atoms with E-state index in [-0.39, 0.29) is 4.90 Å². The quantitative estimate of drug-likeness (QED) is 0.628. The molecular weight excluding hydrogens is 349 g/mol. The first-order chi connectivity index (χ1) is 12.4. The van der Waals surface area contributed by atoms with Crippen molar-refractivity contribution in [1.82, 2.24) is 0 Å². The Kier molecular flexibility index (Phi) is 5.09. The van der Waals surface area contributed by atoms with Crippen LogP contribution in [0.25, 0.3) is 0 Å². The molecule has 0 aliphatic rings. The van der Waals surface area contributed by atoms with Gasteiger partial charge in [-0.25, -0.2) is 12.8 Å². The summed E-state index contributed by atoms with van der Waals surface area (Å²) in [7, 11) is -3.87. The maximum atomic E-state index is 14.4. The van der Waals surface area contributed by atoms with Crippen molar-refractivity contribution in [2.24, 2.45) is 0 Å². The lowest BCUT2D eigenvalue weighted by molar-refractivity contribution is 0.569. The van der Waals surface area contributed by atoms with E-state index in [4.69, 9.17) is 0 Å². The molecule has 0 saturated heterocycles. The first-order valence-electron chi connectivity index (χ1n) is 8.32. The third-order valence-electron chi connectivity index (χ3n) is 4.26. The van der Waals surface area contributed by atoms with Gasteiger partial charge in [-0.3, -0.25) is 4.31 Å². The van der Waals surface area contributed by atoms with Crippen molar-refractivity contribution in [1.29, 1.82) is 0 Å². The summed E-state index contributed by atoms with van der Waals surface area (Å²) in [6.45, 7) is 3.59. The van der Waals surface area contributed by atoms with Crippen molar-refractivity contribution in [3.8, 4) is 0 Å². The highest BCUT2D eigenvalue weighted by molar-refractivity contribution is 7.92. The van der Waals surface area contributed by atoms with E-state index in [0.29, 0.717) is 11.3 Å². The third-order valence-corrected chi connectivity index (χ3v) is 6.18. The number of rotatable bonds is 5. The van der Waals surface area contributed by atoms with Crippen LogP contribution in [0.5, 0.6) is 0 Å². The van der Waals surface area contributed by atoms with Gasteiger partial charge in [-0.1, -0.05) is 48.5 Å². The Balaban J connectivity index is 2.19. The van der Waals surface area contributed by atoms with E-state index in [2.05, 4.69) is 0 Å². The van der Waals surface area contributed by atoms with Gasteiger partial charge >= 0.3 is 0 Å². The van der Waals surface area contributed by atoms with E-state index >= 15 is 0 Å². The zero-order valence-electron chi connectivity index (χ0n) is 14.6. The number of anilines is 1. The molecule has 0 heterocycles. The van der Waals surface area contributed by atoms with Crippen LogP contribution in [0, 0.1) is 12.7 Å². The first-order valence-corrected chi connectivity index (χ1v) is 9.76. The van der Waals surface area contributed by atoms with Crippen LogP contribution in [0.15, 0.2) is 83.8 Å². The fourth-order valence-corrected chi connectivity index (χ4v) is 4.63. The Labute approximate surface area is 153 Å². The molecule has 0 bridgehead atoms. The summed E-state index contributed by atoms with van der Waals surface area (Å²) in [4.78, 5) is 0.171. The molecule has 0 radical (unpaired) electrons. The molecular formula is C21H20FNO2S. The SMILES string of the molecule is Cc1cccc(N(C(C)c2ccccc2F)S(=O)(=O)c2ccccc2)c1. The maximum absolute atomic E-state index is 14.4. The van der Waals surface area contributed by atoms with E-state index in [0.717, 1.165) is 5.56 Å². The molecule has 0 aliphatic heterocycles. The molecule has 0 aromatic heterocycles. The predicted octanol–water partition coefficient (Wildman–Crippen LogP) is 5.09. The van der Waals surface area contributed by atoms with E-state index in [9.17, 15) is 12.8 Å². The second-order valence-electron chi connectivity index (χ2n) is 6.15. The fraction of sp³-hybridized carbons (Fsp3) is 0.143. The topological polar surface area (TPSA) is 37.4 Å². The normalized spacial score (nSPS) is 12.6. The highest BCUT2D eigenvalue weighted by Gasteiger charge is 2.31. The molecule has 1 atom stereocenters. The third kappa shape index (κ3) is 3.48. The lowest BCUT2D eigenvalue weighted by atomic mass is 10.1. The van der Waals surface area contributed by atoms with E-state index in [1.165, 1.54) is 10.4 Å².